The molecule has 4 heteroatoms. The van der Waals surface area contributed by atoms with Crippen LogP contribution < -0.4 is 17.0 Å². The van der Waals surface area contributed by atoms with Crippen molar-refractivity contribution >= 4 is 0 Å². The molecule has 0 N–H and O–H groups in total. The molecule has 1 saturated heterocycles. The van der Waals surface area contributed by atoms with Gasteiger partial charge in [0.05, 0.1) is 40.9 Å². The van der Waals surface area contributed by atoms with Gasteiger partial charge in [0.15, 0.2) is 6.29 Å². The summed E-state index contributed by atoms with van der Waals surface area (Å²) in [5.74, 6) is 0. The quantitative estimate of drug-likeness (QED) is 0.0599. The molecule has 0 aliphatic carbocycles. The maximum absolute atomic E-state index is 6.37. The summed E-state index contributed by atoms with van der Waals surface area (Å²) in [7, 11) is 6.77. The topological polar surface area (TPSA) is 18.5 Å². The van der Waals surface area contributed by atoms with E-state index in [0.29, 0.717) is 0 Å². The number of halogens is 1. The van der Waals surface area contributed by atoms with Gasteiger partial charge >= 0.3 is 0 Å². The summed E-state index contributed by atoms with van der Waals surface area (Å²) in [4.78, 5) is 0. The first kappa shape index (κ1) is 41.4. The summed E-state index contributed by atoms with van der Waals surface area (Å²) in [6, 6.07) is 0. The third kappa shape index (κ3) is 25.4. The monoisotopic (exact) mass is 646 g/mol. The molecule has 0 aromatic rings. The Bertz CT molecular complexity index is 498. The minimum absolute atomic E-state index is 0. The fourth-order valence-corrected chi connectivity index (χ4v) is 6.38. The van der Waals surface area contributed by atoms with E-state index in [0.717, 1.165) is 30.7 Å². The highest BCUT2D eigenvalue weighted by molar-refractivity contribution is 4.82. The first-order chi connectivity index (χ1) is 19.4. The lowest BCUT2D eigenvalue weighted by Gasteiger charge is -2.41. The molecule has 0 radical (unpaired) electrons. The average Bonchev–Trinajstić information content (AvgIpc) is 2.93. The summed E-state index contributed by atoms with van der Waals surface area (Å²) >= 11 is 0. The molecule has 248 valence electrons. The molecule has 0 bridgehead atoms. The van der Waals surface area contributed by atoms with Crippen molar-refractivity contribution in [2.24, 2.45) is 5.41 Å². The number of nitrogens with zero attached hydrogens (tertiary/aromatic N) is 1. The Balaban J connectivity index is 0.0000160. The zero-order valence-electron chi connectivity index (χ0n) is 28.9. The molecule has 1 aliphatic heterocycles. The molecule has 0 spiro atoms. The van der Waals surface area contributed by atoms with Crippen molar-refractivity contribution in [3.63, 3.8) is 0 Å². The molecule has 0 amide bonds. The summed E-state index contributed by atoms with van der Waals surface area (Å²) < 4.78 is 13.7. The van der Waals surface area contributed by atoms with E-state index in [1.807, 2.05) is 0 Å². The number of unbranched alkanes of at least 4 members (excludes halogenated alkanes) is 22. The van der Waals surface area contributed by atoms with Gasteiger partial charge < -0.3 is 30.9 Å². The smallest absolute Gasteiger partial charge is 0.162 e. The maximum atomic E-state index is 6.37. The van der Waals surface area contributed by atoms with Crippen LogP contribution in [0.4, 0.5) is 0 Å². The molecule has 0 aromatic carbocycles. The molecule has 1 aliphatic rings. The van der Waals surface area contributed by atoms with Crippen LogP contribution >= 0.6 is 0 Å². The molecule has 0 unspecified atom stereocenters. The molecule has 1 rings (SSSR count). The summed E-state index contributed by atoms with van der Waals surface area (Å²) in [6.45, 7) is 7.56. The van der Waals surface area contributed by atoms with Gasteiger partial charge in [-0.1, -0.05) is 168 Å². The Morgan fingerprint density at radius 2 is 0.780 bits per heavy atom. The molecule has 41 heavy (non-hydrogen) atoms. The summed E-state index contributed by atoms with van der Waals surface area (Å²) in [6.07, 6.45) is 37.8. The third-order valence-electron chi connectivity index (χ3n) is 9.31. The number of quaternary nitrogens is 1. The van der Waals surface area contributed by atoms with Crippen molar-refractivity contribution in [2.75, 3.05) is 40.9 Å². The Morgan fingerprint density at radius 3 is 1.07 bits per heavy atom. The summed E-state index contributed by atoms with van der Waals surface area (Å²) in [5.41, 5.74) is 0.268. The van der Waals surface area contributed by atoms with Crippen molar-refractivity contribution in [3.05, 3.63) is 0 Å². The number of hydrogen-bond acceptors (Lipinski definition) is 2. The molecular formula is C37H76BrNO2. The molecular weight excluding hydrogens is 570 g/mol. The molecule has 0 aromatic heterocycles. The van der Waals surface area contributed by atoms with E-state index in [-0.39, 0.29) is 28.7 Å². The Hall–Kier alpha value is 0.360. The predicted octanol–water partition coefficient (Wildman–Crippen LogP) is 8.63. The maximum Gasteiger partial charge on any atom is 0.162 e. The SMILES string of the molecule is CCCCCCCCCCCCCCC1(CCCCCCCCCCCCCC)COC(CC[N+](C)(C)C)OC1.[Br-]. The largest absolute Gasteiger partial charge is 1.00 e. The van der Waals surface area contributed by atoms with E-state index >= 15 is 0 Å². The lowest BCUT2D eigenvalue weighted by atomic mass is 9.78. The Morgan fingerprint density at radius 1 is 0.488 bits per heavy atom. The number of rotatable bonds is 29. The fraction of sp³-hybridized carbons (Fsp3) is 1.00. The van der Waals surface area contributed by atoms with Crippen LogP contribution in [-0.2, 0) is 9.47 Å². The highest BCUT2D eigenvalue weighted by Gasteiger charge is 2.36. The van der Waals surface area contributed by atoms with Crippen molar-refractivity contribution in [1.29, 1.82) is 0 Å². The van der Waals surface area contributed by atoms with E-state index in [1.165, 1.54) is 167 Å². The lowest BCUT2D eigenvalue weighted by molar-refractivity contribution is -0.871. The normalized spacial score (nSPS) is 15.7. The lowest BCUT2D eigenvalue weighted by Crippen LogP contribution is -3.00. The van der Waals surface area contributed by atoms with Crippen LogP contribution in [-0.4, -0.2) is 51.7 Å². The standard InChI is InChI=1S/C37H76NO2.BrH/c1-6-8-10-12-14-16-18-20-22-24-26-28-31-37(34-39-36(40-35-37)30-33-38(3,4)5)32-29-27-25-23-21-19-17-15-13-11-9-7-2;/h36H,6-35H2,1-5H3;1H/q+1;/p-1. The molecule has 1 fully saturated rings. The van der Waals surface area contributed by atoms with Gasteiger partial charge in [-0.15, -0.1) is 0 Å². The first-order valence-electron chi connectivity index (χ1n) is 18.4. The second-order valence-electron chi connectivity index (χ2n) is 14.6. The van der Waals surface area contributed by atoms with Crippen LogP contribution in [0.25, 0.3) is 0 Å². The highest BCUT2D eigenvalue weighted by Crippen LogP contribution is 2.37. The Kier molecular flexibility index (Phi) is 28.1. The van der Waals surface area contributed by atoms with Gasteiger partial charge in [0, 0.05) is 11.8 Å². The van der Waals surface area contributed by atoms with Crippen LogP contribution in [0.15, 0.2) is 0 Å². The van der Waals surface area contributed by atoms with Crippen molar-refractivity contribution < 1.29 is 30.9 Å². The van der Waals surface area contributed by atoms with E-state index < -0.39 is 0 Å². The van der Waals surface area contributed by atoms with Crippen LogP contribution in [0, 0.1) is 5.41 Å². The third-order valence-corrected chi connectivity index (χ3v) is 9.31. The van der Waals surface area contributed by atoms with E-state index in [9.17, 15) is 0 Å². The number of hydrogen-bond donors (Lipinski definition) is 0. The van der Waals surface area contributed by atoms with Crippen molar-refractivity contribution in [1.82, 2.24) is 0 Å². The van der Waals surface area contributed by atoms with E-state index in [2.05, 4.69) is 35.0 Å². The Labute approximate surface area is 270 Å². The van der Waals surface area contributed by atoms with Crippen LogP contribution in [0.3, 0.4) is 0 Å². The minimum atomic E-state index is 0. The second kappa shape index (κ2) is 27.9. The zero-order chi connectivity index (χ0) is 29.2. The van der Waals surface area contributed by atoms with Gasteiger partial charge in [0.1, 0.15) is 0 Å². The van der Waals surface area contributed by atoms with Gasteiger partial charge in [0.25, 0.3) is 0 Å². The fourth-order valence-electron chi connectivity index (χ4n) is 6.38. The van der Waals surface area contributed by atoms with Gasteiger partial charge in [-0.25, -0.2) is 0 Å². The highest BCUT2D eigenvalue weighted by atomic mass is 79.9. The first-order valence-corrected chi connectivity index (χ1v) is 18.4. The van der Waals surface area contributed by atoms with Gasteiger partial charge in [0.2, 0.25) is 0 Å². The summed E-state index contributed by atoms with van der Waals surface area (Å²) in [5, 5.41) is 0. The van der Waals surface area contributed by atoms with E-state index in [4.69, 9.17) is 9.47 Å². The van der Waals surface area contributed by atoms with Gasteiger partial charge in [-0.2, -0.15) is 0 Å². The van der Waals surface area contributed by atoms with Gasteiger partial charge in [-0.05, 0) is 12.8 Å². The average molecular weight is 647 g/mol. The molecule has 0 saturated carbocycles. The predicted molar refractivity (Wildman–Crippen MR) is 177 cm³/mol. The minimum Gasteiger partial charge on any atom is -1.00 e. The van der Waals surface area contributed by atoms with Crippen molar-refractivity contribution in [2.45, 2.75) is 193 Å². The van der Waals surface area contributed by atoms with Crippen LogP contribution in [0.5, 0.6) is 0 Å². The second-order valence-corrected chi connectivity index (χ2v) is 14.6. The van der Waals surface area contributed by atoms with E-state index in [1.54, 1.807) is 0 Å². The zero-order valence-corrected chi connectivity index (χ0v) is 30.5. The molecule has 1 heterocycles. The molecule has 3 nitrogen and oxygen atoms in total. The van der Waals surface area contributed by atoms with Crippen LogP contribution in [0.2, 0.25) is 0 Å². The van der Waals surface area contributed by atoms with Crippen molar-refractivity contribution in [3.8, 4) is 0 Å². The molecule has 0 atom stereocenters. The van der Waals surface area contributed by atoms with Crippen LogP contribution in [0.1, 0.15) is 187 Å². The number of ether oxygens (including phenoxy) is 2. The van der Waals surface area contributed by atoms with Gasteiger partial charge in [-0.3, -0.25) is 0 Å².